The number of hydrogen-bond donors (Lipinski definition) is 1. The molecule has 1 fully saturated rings. The first-order chi connectivity index (χ1) is 13.6. The topological polar surface area (TPSA) is 170 Å². The smallest absolute Gasteiger partial charge is 0.303 e. The number of nitrogens with zero attached hydrogens (tertiary/aromatic N) is 2. The van der Waals surface area contributed by atoms with Crippen LogP contribution in [0.1, 0.15) is 27.7 Å². The molecule has 0 radical (unpaired) electrons. The molecular formula is C16H24N3O10-. The van der Waals surface area contributed by atoms with Gasteiger partial charge in [-0.3, -0.25) is 24.4 Å². The van der Waals surface area contributed by atoms with Crippen molar-refractivity contribution < 1.29 is 47.6 Å². The van der Waals surface area contributed by atoms with Crippen molar-refractivity contribution in [2.75, 3.05) is 19.8 Å². The number of ether oxygens (including phenoxy) is 6. The molecule has 0 aromatic rings. The van der Waals surface area contributed by atoms with Crippen LogP contribution < -0.4 is 5.43 Å². The van der Waals surface area contributed by atoms with Gasteiger partial charge < -0.3 is 39.4 Å². The quantitative estimate of drug-likeness (QED) is 0.161. The molecule has 164 valence electrons. The molecule has 0 aliphatic carbocycles. The molecule has 13 heteroatoms. The van der Waals surface area contributed by atoms with Gasteiger partial charge in [-0.2, -0.15) is 0 Å². The Balaban J connectivity index is 3.19. The van der Waals surface area contributed by atoms with Gasteiger partial charge in [-0.1, -0.05) is 0 Å². The zero-order chi connectivity index (χ0) is 22.0. The van der Waals surface area contributed by atoms with E-state index in [9.17, 15) is 19.2 Å². The SMILES string of the molecule is CC(=O)OC[C@@H]1O[C@@H](OCCNN=[N-])[C@@H](OC(C)=O)[C@H](OC(C)=O)[C@H]1OC(C)=O. The maximum absolute atomic E-state index is 11.6. The number of carbonyl (C=O) groups is 4. The standard InChI is InChI=1S/C16H24N3O10/c1-8(20)25-7-12-13(26-9(2)21)14(27-10(3)22)15(28-11(4)23)16(29-12)24-6-5-18-19-17/h12-16H,5-7H2,1-4H3,(H-,17,18)/q-1/t12-,13-,14+,15-,16+/m0/s1. The molecule has 0 saturated carbocycles. The first kappa shape index (κ1) is 24.2. The molecule has 0 spiro atoms. The number of esters is 4. The zero-order valence-corrected chi connectivity index (χ0v) is 16.5. The van der Waals surface area contributed by atoms with Crippen molar-refractivity contribution in [3.63, 3.8) is 0 Å². The molecule has 1 heterocycles. The van der Waals surface area contributed by atoms with E-state index in [1.165, 1.54) is 6.92 Å². The van der Waals surface area contributed by atoms with E-state index >= 15 is 0 Å². The highest BCUT2D eigenvalue weighted by atomic mass is 16.7. The summed E-state index contributed by atoms with van der Waals surface area (Å²) in [6.45, 7) is 4.21. The molecule has 29 heavy (non-hydrogen) atoms. The van der Waals surface area contributed by atoms with E-state index in [4.69, 9.17) is 34.0 Å². The van der Waals surface area contributed by atoms with Crippen molar-refractivity contribution in [1.82, 2.24) is 5.43 Å². The summed E-state index contributed by atoms with van der Waals surface area (Å²) in [6.07, 6.45) is -6.18. The third-order valence-electron chi connectivity index (χ3n) is 3.51. The van der Waals surface area contributed by atoms with E-state index in [2.05, 4.69) is 10.6 Å². The highest BCUT2D eigenvalue weighted by Gasteiger charge is 2.52. The fourth-order valence-electron chi connectivity index (χ4n) is 2.59. The third kappa shape index (κ3) is 8.39. The second kappa shape index (κ2) is 11.9. The average molecular weight is 418 g/mol. The molecule has 5 atom stereocenters. The molecule has 0 aromatic carbocycles. The summed E-state index contributed by atoms with van der Waals surface area (Å²) < 4.78 is 31.8. The van der Waals surface area contributed by atoms with E-state index in [0.29, 0.717) is 0 Å². The number of carbonyl (C=O) groups excluding carboxylic acids is 4. The predicted molar refractivity (Wildman–Crippen MR) is 91.7 cm³/mol. The summed E-state index contributed by atoms with van der Waals surface area (Å²) in [7, 11) is 0. The van der Waals surface area contributed by atoms with E-state index in [1.54, 1.807) is 0 Å². The van der Waals surface area contributed by atoms with Crippen LogP contribution in [-0.2, 0) is 47.6 Å². The van der Waals surface area contributed by atoms with Crippen LogP contribution in [-0.4, -0.2) is 74.3 Å². The van der Waals surface area contributed by atoms with Crippen LogP contribution in [0.2, 0.25) is 0 Å². The molecule has 1 N–H and O–H groups in total. The first-order valence-electron chi connectivity index (χ1n) is 8.64. The number of rotatable bonds is 10. The highest BCUT2D eigenvalue weighted by Crippen LogP contribution is 2.29. The maximum Gasteiger partial charge on any atom is 0.303 e. The monoisotopic (exact) mass is 418 g/mol. The van der Waals surface area contributed by atoms with Crippen LogP contribution in [0.5, 0.6) is 0 Å². The molecule has 1 saturated heterocycles. The molecule has 1 rings (SSSR count). The van der Waals surface area contributed by atoms with Crippen LogP contribution in [0.15, 0.2) is 5.22 Å². The van der Waals surface area contributed by atoms with Gasteiger partial charge in [0.1, 0.15) is 12.7 Å². The second-order valence-electron chi connectivity index (χ2n) is 5.95. The van der Waals surface area contributed by atoms with E-state index < -0.39 is 54.6 Å². The minimum absolute atomic E-state index is 0.0577. The molecular weight excluding hydrogens is 394 g/mol. The van der Waals surface area contributed by atoms with Crippen LogP contribution in [0.3, 0.4) is 0 Å². The maximum atomic E-state index is 11.6. The summed E-state index contributed by atoms with van der Waals surface area (Å²) in [4.78, 5) is 46.0. The molecule has 0 aromatic heterocycles. The zero-order valence-electron chi connectivity index (χ0n) is 16.5. The lowest BCUT2D eigenvalue weighted by Crippen LogP contribution is -2.63. The lowest BCUT2D eigenvalue weighted by molar-refractivity contribution is -0.307. The Kier molecular flexibility index (Phi) is 9.96. The van der Waals surface area contributed by atoms with E-state index in [1.807, 2.05) is 0 Å². The van der Waals surface area contributed by atoms with Gasteiger partial charge in [-0.05, 0) is 6.54 Å². The van der Waals surface area contributed by atoms with Gasteiger partial charge in [0.2, 0.25) is 0 Å². The van der Waals surface area contributed by atoms with Crippen LogP contribution in [0, 0.1) is 0 Å². The Hall–Kier alpha value is -2.80. The summed E-state index contributed by atoms with van der Waals surface area (Å²) in [5, 5.41) is 2.71. The van der Waals surface area contributed by atoms with Crippen molar-refractivity contribution in [3.8, 4) is 0 Å². The van der Waals surface area contributed by atoms with Gasteiger partial charge in [-0.15, -0.1) is 0 Å². The van der Waals surface area contributed by atoms with Crippen molar-refractivity contribution >= 4 is 23.9 Å². The van der Waals surface area contributed by atoms with Gasteiger partial charge >= 0.3 is 23.9 Å². The van der Waals surface area contributed by atoms with Crippen molar-refractivity contribution in [1.29, 1.82) is 0 Å². The summed E-state index contributed by atoms with van der Waals surface area (Å²) in [5.74, 6) is -2.81. The predicted octanol–water partition coefficient (Wildman–Crippen LogP) is -0.388. The lowest BCUT2D eigenvalue weighted by Gasteiger charge is -2.44. The van der Waals surface area contributed by atoms with Gasteiger partial charge in [0.05, 0.1) is 6.61 Å². The highest BCUT2D eigenvalue weighted by molar-refractivity contribution is 5.68. The van der Waals surface area contributed by atoms with Crippen molar-refractivity contribution in [2.24, 2.45) is 5.22 Å². The molecule has 0 amide bonds. The van der Waals surface area contributed by atoms with Gasteiger partial charge in [-0.25, -0.2) is 0 Å². The summed E-state index contributed by atoms with van der Waals surface area (Å²) in [5.41, 5.74) is 10.6. The van der Waals surface area contributed by atoms with Crippen molar-refractivity contribution in [2.45, 2.75) is 58.4 Å². The first-order valence-corrected chi connectivity index (χ1v) is 8.64. The normalized spacial score (nSPS) is 26.0. The van der Waals surface area contributed by atoms with E-state index in [0.717, 1.165) is 20.8 Å². The summed E-state index contributed by atoms with van der Waals surface area (Å²) >= 11 is 0. The molecule has 13 nitrogen and oxygen atoms in total. The molecule has 1 aliphatic rings. The number of nitrogens with one attached hydrogen (secondary N) is 1. The van der Waals surface area contributed by atoms with Crippen molar-refractivity contribution in [3.05, 3.63) is 5.53 Å². The van der Waals surface area contributed by atoms with Crippen LogP contribution in [0.4, 0.5) is 0 Å². The Labute approximate surface area is 166 Å². The third-order valence-corrected chi connectivity index (χ3v) is 3.51. The lowest BCUT2D eigenvalue weighted by atomic mass is 9.98. The van der Waals surface area contributed by atoms with Gasteiger partial charge in [0.15, 0.2) is 24.6 Å². The fourth-order valence-corrected chi connectivity index (χ4v) is 2.59. The minimum atomic E-state index is -1.30. The molecule has 0 unspecified atom stereocenters. The Morgan fingerprint density at radius 2 is 1.45 bits per heavy atom. The minimum Gasteiger partial charge on any atom is -0.463 e. The number of hydrogen-bond acceptors (Lipinski definition) is 11. The van der Waals surface area contributed by atoms with Crippen LogP contribution >= 0.6 is 0 Å². The van der Waals surface area contributed by atoms with Gasteiger partial charge in [0, 0.05) is 27.7 Å². The molecule has 0 bridgehead atoms. The van der Waals surface area contributed by atoms with E-state index in [-0.39, 0.29) is 19.8 Å². The second-order valence-corrected chi connectivity index (χ2v) is 5.95. The largest absolute Gasteiger partial charge is 0.463 e. The van der Waals surface area contributed by atoms with Gasteiger partial charge in [0.25, 0.3) is 0 Å². The fraction of sp³-hybridized carbons (Fsp3) is 0.750. The average Bonchev–Trinajstić information content (AvgIpc) is 2.60. The molecule has 1 aliphatic heterocycles. The Morgan fingerprint density at radius 3 is 1.97 bits per heavy atom. The summed E-state index contributed by atoms with van der Waals surface area (Å²) in [6, 6.07) is 0. The Bertz CT molecular complexity index is 614. The Morgan fingerprint density at radius 1 is 0.897 bits per heavy atom. The van der Waals surface area contributed by atoms with Crippen LogP contribution in [0.25, 0.3) is 5.53 Å².